The summed E-state index contributed by atoms with van der Waals surface area (Å²) in [4.78, 5) is 0. The summed E-state index contributed by atoms with van der Waals surface area (Å²) >= 11 is 0. The van der Waals surface area contributed by atoms with E-state index in [0.717, 1.165) is 0 Å². The third-order valence-corrected chi connectivity index (χ3v) is 1.90. The highest BCUT2D eigenvalue weighted by Crippen LogP contribution is 2.18. The molecule has 0 saturated heterocycles. The average molecular weight is 134 g/mol. The highest BCUT2D eigenvalue weighted by molar-refractivity contribution is 5.26. The fourth-order valence-corrected chi connectivity index (χ4v) is 1.11. The predicted molar refractivity (Wildman–Crippen MR) is 45.8 cm³/mol. The summed E-state index contributed by atoms with van der Waals surface area (Å²) in [5.41, 5.74) is 1.42. The molecule has 0 amide bonds. The lowest BCUT2D eigenvalue weighted by Crippen LogP contribution is -1.94. The Labute approximate surface area is 62.9 Å². The summed E-state index contributed by atoms with van der Waals surface area (Å²) in [6, 6.07) is 0. The van der Waals surface area contributed by atoms with Gasteiger partial charge in [0.25, 0.3) is 0 Å². The van der Waals surface area contributed by atoms with Gasteiger partial charge in [-0.2, -0.15) is 0 Å². The molecular weight excluding hydrogens is 120 g/mol. The molecule has 0 fully saturated rings. The van der Waals surface area contributed by atoms with Crippen molar-refractivity contribution in [2.45, 2.75) is 19.8 Å². The molecule has 0 nitrogen and oxygen atoms in total. The average Bonchev–Trinajstić information content (AvgIpc) is 2.05. The van der Waals surface area contributed by atoms with E-state index in [1.807, 2.05) is 6.08 Å². The van der Waals surface area contributed by atoms with Crippen LogP contribution >= 0.6 is 0 Å². The van der Waals surface area contributed by atoms with Gasteiger partial charge in [0, 0.05) is 0 Å². The number of allylic oxidation sites excluding steroid dienone is 5. The highest BCUT2D eigenvalue weighted by atomic mass is 14.1. The number of hydrogen-bond donors (Lipinski definition) is 0. The maximum atomic E-state index is 3.76. The third kappa shape index (κ3) is 1.60. The maximum Gasteiger partial charge on any atom is -0.00164 e. The molecule has 0 N–H and O–H groups in total. The molecule has 0 aromatic rings. The summed E-state index contributed by atoms with van der Waals surface area (Å²) in [5.74, 6) is 0.525. The first kappa shape index (κ1) is 7.33. The Morgan fingerprint density at radius 1 is 1.60 bits per heavy atom. The van der Waals surface area contributed by atoms with Crippen molar-refractivity contribution in [3.63, 3.8) is 0 Å². The fourth-order valence-electron chi connectivity index (χ4n) is 1.11. The minimum atomic E-state index is 0.525. The molecule has 0 aliphatic heterocycles. The van der Waals surface area contributed by atoms with Gasteiger partial charge in [-0.1, -0.05) is 31.2 Å². The molecule has 54 valence electrons. The largest absolute Gasteiger partial charge is 0.102 e. The lowest BCUT2D eigenvalue weighted by atomic mass is 9.96. The smallest absolute Gasteiger partial charge is 0.00164 e. The Morgan fingerprint density at radius 3 is 2.90 bits per heavy atom. The fraction of sp³-hybridized carbons (Fsp3) is 0.400. The summed E-state index contributed by atoms with van der Waals surface area (Å²) in [7, 11) is 0. The van der Waals surface area contributed by atoms with Crippen molar-refractivity contribution < 1.29 is 0 Å². The summed E-state index contributed by atoms with van der Waals surface area (Å²) in [6.07, 6.45) is 11.1. The molecule has 0 spiro atoms. The molecule has 0 radical (unpaired) electrons. The van der Waals surface area contributed by atoms with Crippen LogP contribution in [-0.4, -0.2) is 0 Å². The van der Waals surface area contributed by atoms with E-state index in [0.29, 0.717) is 5.92 Å². The lowest BCUT2D eigenvalue weighted by Gasteiger charge is -2.10. The van der Waals surface area contributed by atoms with E-state index in [4.69, 9.17) is 0 Å². The first-order valence-corrected chi connectivity index (χ1v) is 3.83. The summed E-state index contributed by atoms with van der Waals surface area (Å²) < 4.78 is 0. The van der Waals surface area contributed by atoms with Gasteiger partial charge in [0.1, 0.15) is 0 Å². The second-order valence-corrected chi connectivity index (χ2v) is 2.71. The van der Waals surface area contributed by atoms with Crippen LogP contribution < -0.4 is 0 Å². The zero-order valence-corrected chi connectivity index (χ0v) is 6.51. The molecular formula is C10H14. The van der Waals surface area contributed by atoms with Crippen molar-refractivity contribution in [3.8, 4) is 0 Å². The molecule has 1 aliphatic carbocycles. The van der Waals surface area contributed by atoms with Gasteiger partial charge in [0.05, 0.1) is 0 Å². The van der Waals surface area contributed by atoms with Crippen molar-refractivity contribution in [3.05, 3.63) is 36.5 Å². The Kier molecular flexibility index (Phi) is 2.49. The monoisotopic (exact) mass is 134 g/mol. The Balaban J connectivity index is 2.62. The van der Waals surface area contributed by atoms with Crippen LogP contribution in [0.1, 0.15) is 19.8 Å². The van der Waals surface area contributed by atoms with E-state index >= 15 is 0 Å². The molecule has 1 atom stereocenters. The SMILES string of the molecule is C=CC(C)C1=CCCC=C1. The van der Waals surface area contributed by atoms with Crippen LogP contribution in [0.2, 0.25) is 0 Å². The van der Waals surface area contributed by atoms with Gasteiger partial charge in [0.2, 0.25) is 0 Å². The van der Waals surface area contributed by atoms with Gasteiger partial charge in [-0.15, -0.1) is 6.58 Å². The molecule has 1 aliphatic rings. The van der Waals surface area contributed by atoms with E-state index in [2.05, 4.69) is 31.7 Å². The van der Waals surface area contributed by atoms with Crippen LogP contribution in [0, 0.1) is 5.92 Å². The van der Waals surface area contributed by atoms with Crippen LogP contribution in [-0.2, 0) is 0 Å². The molecule has 0 bridgehead atoms. The number of rotatable bonds is 2. The van der Waals surface area contributed by atoms with Crippen LogP contribution in [0.15, 0.2) is 36.5 Å². The van der Waals surface area contributed by atoms with Crippen molar-refractivity contribution >= 4 is 0 Å². The third-order valence-electron chi connectivity index (χ3n) is 1.90. The summed E-state index contributed by atoms with van der Waals surface area (Å²) in [6.45, 7) is 5.94. The van der Waals surface area contributed by atoms with Crippen molar-refractivity contribution in [2.24, 2.45) is 5.92 Å². The minimum absolute atomic E-state index is 0.525. The molecule has 0 heteroatoms. The van der Waals surface area contributed by atoms with Crippen LogP contribution in [0.5, 0.6) is 0 Å². The molecule has 1 unspecified atom stereocenters. The highest BCUT2D eigenvalue weighted by Gasteiger charge is 2.02. The van der Waals surface area contributed by atoms with Gasteiger partial charge in [-0.05, 0) is 24.3 Å². The molecule has 0 aromatic carbocycles. The predicted octanol–water partition coefficient (Wildman–Crippen LogP) is 3.08. The zero-order chi connectivity index (χ0) is 7.40. The van der Waals surface area contributed by atoms with Crippen LogP contribution in [0.3, 0.4) is 0 Å². The second kappa shape index (κ2) is 3.40. The first-order valence-electron chi connectivity index (χ1n) is 3.83. The summed E-state index contributed by atoms with van der Waals surface area (Å²) in [5, 5.41) is 0. The van der Waals surface area contributed by atoms with Crippen molar-refractivity contribution in [1.29, 1.82) is 0 Å². The molecule has 0 aromatic heterocycles. The maximum absolute atomic E-state index is 3.76. The first-order chi connectivity index (χ1) is 4.84. The van der Waals surface area contributed by atoms with Gasteiger partial charge >= 0.3 is 0 Å². The van der Waals surface area contributed by atoms with Gasteiger partial charge in [-0.3, -0.25) is 0 Å². The van der Waals surface area contributed by atoms with Crippen molar-refractivity contribution in [2.75, 3.05) is 0 Å². The van der Waals surface area contributed by atoms with E-state index in [1.165, 1.54) is 18.4 Å². The molecule has 10 heavy (non-hydrogen) atoms. The van der Waals surface area contributed by atoms with Crippen LogP contribution in [0.4, 0.5) is 0 Å². The van der Waals surface area contributed by atoms with E-state index in [-0.39, 0.29) is 0 Å². The lowest BCUT2D eigenvalue weighted by molar-refractivity contribution is 0.859. The second-order valence-electron chi connectivity index (χ2n) is 2.71. The standard InChI is InChI=1S/C10H14/c1-3-9(2)10-7-5-4-6-8-10/h3,5,7-9H,1,4,6H2,2H3. The normalized spacial score (nSPS) is 19.9. The number of hydrogen-bond acceptors (Lipinski definition) is 0. The Hall–Kier alpha value is -0.780. The minimum Gasteiger partial charge on any atom is -0.102 e. The van der Waals surface area contributed by atoms with Crippen LogP contribution in [0.25, 0.3) is 0 Å². The molecule has 1 rings (SSSR count). The Bertz CT molecular complexity index is 172. The van der Waals surface area contributed by atoms with Gasteiger partial charge in [0.15, 0.2) is 0 Å². The van der Waals surface area contributed by atoms with Gasteiger partial charge < -0.3 is 0 Å². The Morgan fingerprint density at radius 2 is 2.40 bits per heavy atom. The topological polar surface area (TPSA) is 0 Å². The van der Waals surface area contributed by atoms with Crippen molar-refractivity contribution in [1.82, 2.24) is 0 Å². The van der Waals surface area contributed by atoms with E-state index < -0.39 is 0 Å². The van der Waals surface area contributed by atoms with E-state index in [9.17, 15) is 0 Å². The van der Waals surface area contributed by atoms with E-state index in [1.54, 1.807) is 0 Å². The molecule has 0 saturated carbocycles. The molecule has 0 heterocycles. The quantitative estimate of drug-likeness (QED) is 0.509. The zero-order valence-electron chi connectivity index (χ0n) is 6.51. The van der Waals surface area contributed by atoms with Gasteiger partial charge in [-0.25, -0.2) is 0 Å².